The van der Waals surface area contributed by atoms with Gasteiger partial charge in [0.25, 0.3) is 28.3 Å². The molecular weight excluding hydrogens is 919 g/mol. The minimum absolute atomic E-state index is 0.206. The van der Waals surface area contributed by atoms with Crippen molar-refractivity contribution in [3.8, 4) is 0 Å². The van der Waals surface area contributed by atoms with Gasteiger partial charge in [-0.15, -0.1) is 0 Å². The second kappa shape index (κ2) is 26.5. The zero-order chi connectivity index (χ0) is 51.6. The standard InChI is InChI=1S/3C14H13.3C10H13.2Al/c3*1-12(13-8-4-2-5-9-13)14-10-6-3-7-11-14;3*1-10(2,3)9-7-5-4-6-8-9;;/h3*2-12H,1H2;3*4-8H,1H2,2-3H3;;. The van der Waals surface area contributed by atoms with E-state index in [1.165, 1.54) is 81.8 Å². The molecule has 0 aromatic heterocycles. The van der Waals surface area contributed by atoms with Crippen LogP contribution < -0.4 is 0 Å². The topological polar surface area (TPSA) is 0 Å². The van der Waals surface area contributed by atoms with Crippen LogP contribution in [0.15, 0.2) is 273 Å². The average Bonchev–Trinajstić information content (AvgIpc) is 3.45. The molecule has 0 aliphatic heterocycles. The molecule has 9 rings (SSSR count). The summed E-state index contributed by atoms with van der Waals surface area (Å²) in [6.45, 7) is 14.7. The molecular formula is C72H78Al2. The summed E-state index contributed by atoms with van der Waals surface area (Å²) in [7, 11) is 0. The first-order valence-electron chi connectivity index (χ1n) is 27.4. The molecule has 0 aliphatic rings. The van der Waals surface area contributed by atoms with Crippen molar-refractivity contribution in [2.24, 2.45) is 0 Å². The molecule has 9 aromatic rings. The van der Waals surface area contributed by atoms with Gasteiger partial charge in [-0.2, -0.15) is 0 Å². The number of hydrogen-bond acceptors (Lipinski definition) is 0. The molecule has 0 N–H and O–H groups in total. The molecule has 0 heterocycles. The molecule has 74 heavy (non-hydrogen) atoms. The maximum absolute atomic E-state index is 2.45. The Hall–Kier alpha value is -5.96. The third-order valence-corrected chi connectivity index (χ3v) is 24.2. The van der Waals surface area contributed by atoms with E-state index in [-0.39, 0.29) is 16.2 Å². The van der Waals surface area contributed by atoms with Crippen LogP contribution in [0.25, 0.3) is 0 Å². The molecule has 2 heteroatoms. The molecule has 372 valence electrons. The maximum Gasteiger partial charge on any atom is 0.265 e. The van der Waals surface area contributed by atoms with E-state index in [0.29, 0.717) is 17.8 Å². The Balaban J connectivity index is 0.000000208. The molecule has 0 saturated heterocycles. The highest BCUT2D eigenvalue weighted by molar-refractivity contribution is 6.60. The van der Waals surface area contributed by atoms with E-state index in [0.717, 1.165) is 0 Å². The summed E-state index contributed by atoms with van der Waals surface area (Å²) in [6.07, 6.45) is 0. The Morgan fingerprint density at radius 2 is 0.392 bits per heavy atom. The molecule has 9 aromatic carbocycles. The monoisotopic (exact) mass is 997 g/mol. The summed E-state index contributed by atoms with van der Waals surface area (Å²) >= 11 is -2.54. The molecule has 0 bridgehead atoms. The van der Waals surface area contributed by atoms with Crippen molar-refractivity contribution in [3.05, 3.63) is 323 Å². The maximum atomic E-state index is 2.45. The molecule has 0 saturated carbocycles. The van der Waals surface area contributed by atoms with Gasteiger partial charge in [0.2, 0.25) is 0 Å². The van der Waals surface area contributed by atoms with Gasteiger partial charge in [-0.3, -0.25) is 0 Å². The predicted octanol–water partition coefficient (Wildman–Crippen LogP) is 19.4. The van der Waals surface area contributed by atoms with Crippen molar-refractivity contribution < 1.29 is 0 Å². The van der Waals surface area contributed by atoms with E-state index in [1.807, 2.05) is 0 Å². The first-order valence-corrected chi connectivity index (χ1v) is 32.3. The van der Waals surface area contributed by atoms with Gasteiger partial charge in [0.15, 0.2) is 0 Å². The number of rotatable bonds is 21. The Kier molecular flexibility index (Phi) is 19.5. The zero-order valence-electron chi connectivity index (χ0n) is 45.1. The van der Waals surface area contributed by atoms with Crippen LogP contribution in [0.3, 0.4) is 0 Å². The van der Waals surface area contributed by atoms with Gasteiger partial charge in [-0.25, -0.2) is 0 Å². The fourth-order valence-corrected chi connectivity index (χ4v) is 21.9. The molecule has 0 nitrogen and oxygen atoms in total. The van der Waals surface area contributed by atoms with Crippen LogP contribution in [0.2, 0.25) is 31.7 Å². The molecule has 0 aliphatic carbocycles. The normalized spacial score (nSPS) is 11.8. The van der Waals surface area contributed by atoms with Crippen LogP contribution >= 0.6 is 0 Å². The molecule has 0 atom stereocenters. The predicted molar refractivity (Wildman–Crippen MR) is 323 cm³/mol. The zero-order valence-corrected chi connectivity index (χ0v) is 47.4. The van der Waals surface area contributed by atoms with Gasteiger partial charge in [-0.1, -0.05) is 346 Å². The van der Waals surface area contributed by atoms with Crippen LogP contribution in [-0.4, -0.2) is 28.3 Å². The first-order chi connectivity index (χ1) is 35.9. The third kappa shape index (κ3) is 15.3. The highest BCUT2D eigenvalue weighted by Crippen LogP contribution is 2.43. The van der Waals surface area contributed by atoms with Gasteiger partial charge in [0, 0.05) is 0 Å². The minimum atomic E-state index is -1.43. The third-order valence-electron chi connectivity index (χ3n) is 16.0. The molecule has 0 amide bonds. The highest BCUT2D eigenvalue weighted by atomic mass is 27.2. The fourth-order valence-electron chi connectivity index (χ4n) is 12.2. The molecule has 0 spiro atoms. The molecule has 0 fully saturated rings. The lowest BCUT2D eigenvalue weighted by Gasteiger charge is -2.37. The van der Waals surface area contributed by atoms with Crippen LogP contribution in [0, 0.1) is 0 Å². The van der Waals surface area contributed by atoms with Gasteiger partial charge in [0.05, 0.1) is 0 Å². The van der Waals surface area contributed by atoms with Crippen molar-refractivity contribution >= 4 is 28.3 Å². The first kappa shape index (κ1) is 54.3. The van der Waals surface area contributed by atoms with Crippen LogP contribution in [0.4, 0.5) is 0 Å². The summed E-state index contributed by atoms with van der Waals surface area (Å²) in [4.78, 5) is 0. The van der Waals surface area contributed by atoms with Gasteiger partial charge in [0.1, 0.15) is 0 Å². The second-order valence-corrected chi connectivity index (χ2v) is 29.0. The highest BCUT2D eigenvalue weighted by Gasteiger charge is 2.38. The summed E-state index contributed by atoms with van der Waals surface area (Å²) < 4.78 is 0. The van der Waals surface area contributed by atoms with E-state index in [2.05, 4.69) is 315 Å². The van der Waals surface area contributed by atoms with Crippen molar-refractivity contribution in [2.75, 3.05) is 0 Å². The largest absolute Gasteiger partial charge is 0.265 e. The summed E-state index contributed by atoms with van der Waals surface area (Å²) in [5, 5.41) is 7.64. The summed E-state index contributed by atoms with van der Waals surface area (Å²) in [6, 6.07) is 101. The van der Waals surface area contributed by atoms with Crippen LogP contribution in [0.5, 0.6) is 0 Å². The average molecular weight is 997 g/mol. The second-order valence-electron chi connectivity index (χ2n) is 22.9. The quantitative estimate of drug-likeness (QED) is 0.0630. The van der Waals surface area contributed by atoms with Crippen LogP contribution in [-0.2, 0) is 16.2 Å². The van der Waals surface area contributed by atoms with E-state index in [1.54, 1.807) is 0 Å². The van der Waals surface area contributed by atoms with E-state index >= 15 is 0 Å². The Morgan fingerprint density at radius 1 is 0.230 bits per heavy atom. The molecule has 0 radical (unpaired) electrons. The lowest BCUT2D eigenvalue weighted by atomic mass is 9.86. The Labute approximate surface area is 455 Å². The van der Waals surface area contributed by atoms with Gasteiger partial charge in [-0.05, 0) is 84.1 Å². The van der Waals surface area contributed by atoms with E-state index in [9.17, 15) is 0 Å². The van der Waals surface area contributed by atoms with Crippen LogP contribution in [0.1, 0.15) is 109 Å². The lowest BCUT2D eigenvalue weighted by molar-refractivity contribution is 0.530. The van der Waals surface area contributed by atoms with E-state index < -0.39 is 28.3 Å². The van der Waals surface area contributed by atoms with Crippen molar-refractivity contribution in [2.45, 2.75) is 107 Å². The summed E-state index contributed by atoms with van der Waals surface area (Å²) in [5.41, 5.74) is 13.6. The molecule has 0 unspecified atom stereocenters. The van der Waals surface area contributed by atoms with Crippen molar-refractivity contribution in [1.82, 2.24) is 0 Å². The SMILES string of the molecule is CC(C)([CH2][Al]([CH2]C(C)(C)c1ccccc1)[CH2]C(C)(C)c1ccccc1)c1ccccc1.c1ccc(C([CH2][Al]([CH2]C(c2ccccc2)c2ccccc2)[CH2]C(c2ccccc2)c2ccccc2)c2ccccc2)cc1. The Bertz CT molecular complexity index is 2490. The summed E-state index contributed by atoms with van der Waals surface area (Å²) in [5.74, 6) is 1.16. The minimum Gasteiger partial charge on any atom is -0.0847 e. The van der Waals surface area contributed by atoms with Gasteiger partial charge >= 0.3 is 0 Å². The number of hydrogen-bond donors (Lipinski definition) is 0. The number of benzene rings is 9. The smallest absolute Gasteiger partial charge is 0.0847 e. The van der Waals surface area contributed by atoms with Crippen molar-refractivity contribution in [1.29, 1.82) is 0 Å². The lowest BCUT2D eigenvalue weighted by Crippen LogP contribution is -2.36. The van der Waals surface area contributed by atoms with Crippen molar-refractivity contribution in [3.63, 3.8) is 0 Å². The van der Waals surface area contributed by atoms with Gasteiger partial charge < -0.3 is 0 Å². The Morgan fingerprint density at radius 3 is 0.568 bits per heavy atom. The fraction of sp³-hybridized carbons (Fsp3) is 0.250. The van der Waals surface area contributed by atoms with E-state index in [4.69, 9.17) is 0 Å².